The largest absolute Gasteiger partial charge is 0.248 e. The molecule has 0 heterocycles. The lowest BCUT2D eigenvalue weighted by Crippen LogP contribution is -2.29. The van der Waals surface area contributed by atoms with Crippen LogP contribution in [0.1, 0.15) is 31.2 Å². The molecule has 1 unspecified atom stereocenters. The van der Waals surface area contributed by atoms with Gasteiger partial charge in [0.2, 0.25) is 5.92 Å². The molecule has 1 aromatic rings. The summed E-state index contributed by atoms with van der Waals surface area (Å²) in [4.78, 5) is 0.230. The van der Waals surface area contributed by atoms with Gasteiger partial charge in [0.15, 0.2) is 0 Å². The van der Waals surface area contributed by atoms with Gasteiger partial charge in [-0.1, -0.05) is 45.7 Å². The van der Waals surface area contributed by atoms with Crippen molar-refractivity contribution in [2.75, 3.05) is 0 Å². The summed E-state index contributed by atoms with van der Waals surface area (Å²) in [6, 6.07) is 7.71. The van der Waals surface area contributed by atoms with Crippen LogP contribution in [-0.2, 0) is 6.42 Å². The van der Waals surface area contributed by atoms with Gasteiger partial charge < -0.3 is 0 Å². The molecule has 2 rings (SSSR count). The summed E-state index contributed by atoms with van der Waals surface area (Å²) in [5.74, 6) is -2.13. The molecule has 18 heavy (non-hydrogen) atoms. The van der Waals surface area contributed by atoms with Crippen molar-refractivity contribution in [1.29, 1.82) is 0 Å². The predicted octanol–water partition coefficient (Wildman–Crippen LogP) is 5.47. The van der Waals surface area contributed by atoms with Crippen LogP contribution in [0.3, 0.4) is 0 Å². The third kappa shape index (κ3) is 3.67. The maximum atomic E-state index is 13.1. The van der Waals surface area contributed by atoms with E-state index in [0.29, 0.717) is 18.8 Å². The van der Waals surface area contributed by atoms with E-state index in [-0.39, 0.29) is 17.7 Å². The van der Waals surface area contributed by atoms with E-state index in [1.54, 1.807) is 0 Å². The Bertz CT molecular complexity index is 399. The summed E-state index contributed by atoms with van der Waals surface area (Å²) in [6.45, 7) is 0. The van der Waals surface area contributed by atoms with Crippen molar-refractivity contribution in [3.63, 3.8) is 0 Å². The highest BCUT2D eigenvalue weighted by atomic mass is 79.9. The van der Waals surface area contributed by atoms with Crippen molar-refractivity contribution in [2.45, 2.75) is 42.9 Å². The van der Waals surface area contributed by atoms with E-state index in [4.69, 9.17) is 11.6 Å². The molecule has 0 aliphatic heterocycles. The summed E-state index contributed by atoms with van der Waals surface area (Å²) in [6.07, 6.45) is 2.02. The molecule has 0 spiro atoms. The van der Waals surface area contributed by atoms with Gasteiger partial charge in [0.05, 0.1) is 0 Å². The van der Waals surface area contributed by atoms with Crippen LogP contribution in [0.5, 0.6) is 0 Å². The first-order chi connectivity index (χ1) is 8.48. The van der Waals surface area contributed by atoms with Crippen molar-refractivity contribution in [3.8, 4) is 0 Å². The molecule has 1 fully saturated rings. The van der Waals surface area contributed by atoms with Gasteiger partial charge in [0, 0.05) is 22.7 Å². The van der Waals surface area contributed by atoms with Gasteiger partial charge in [-0.25, -0.2) is 8.78 Å². The molecule has 1 atom stereocenters. The topological polar surface area (TPSA) is 0 Å². The fourth-order valence-electron chi connectivity index (χ4n) is 2.46. The number of alkyl halides is 3. The summed E-state index contributed by atoms with van der Waals surface area (Å²) in [7, 11) is 0. The molecule has 0 bridgehead atoms. The van der Waals surface area contributed by atoms with Crippen LogP contribution in [0.2, 0.25) is 5.02 Å². The zero-order chi connectivity index (χ0) is 13.2. The quantitative estimate of drug-likeness (QED) is 0.641. The minimum Gasteiger partial charge on any atom is -0.207 e. The molecule has 1 aliphatic carbocycles. The monoisotopic (exact) mass is 336 g/mol. The summed E-state index contributed by atoms with van der Waals surface area (Å²) in [5.41, 5.74) is 1.08. The molecule has 0 amide bonds. The Morgan fingerprint density at radius 1 is 1.28 bits per heavy atom. The highest BCUT2D eigenvalue weighted by Gasteiger charge is 2.37. The molecule has 0 nitrogen and oxygen atoms in total. The second-order valence-electron chi connectivity index (χ2n) is 5.00. The van der Waals surface area contributed by atoms with Crippen molar-refractivity contribution >= 4 is 27.5 Å². The molecule has 0 aromatic heterocycles. The van der Waals surface area contributed by atoms with E-state index in [9.17, 15) is 8.78 Å². The van der Waals surface area contributed by atoms with Crippen LogP contribution in [0.4, 0.5) is 8.78 Å². The zero-order valence-corrected chi connectivity index (χ0v) is 12.4. The minimum atomic E-state index is -2.45. The Morgan fingerprint density at radius 2 is 1.89 bits per heavy atom. The smallest absolute Gasteiger partial charge is 0.207 e. The van der Waals surface area contributed by atoms with Crippen LogP contribution in [0, 0.1) is 5.92 Å². The van der Waals surface area contributed by atoms with Crippen molar-refractivity contribution in [2.24, 2.45) is 5.92 Å². The fourth-order valence-corrected chi connectivity index (χ4v) is 3.56. The van der Waals surface area contributed by atoms with E-state index < -0.39 is 5.92 Å². The Kier molecular flexibility index (Phi) is 4.65. The van der Waals surface area contributed by atoms with E-state index in [0.717, 1.165) is 17.0 Å². The first-order valence-electron chi connectivity index (χ1n) is 6.23. The van der Waals surface area contributed by atoms with Crippen molar-refractivity contribution < 1.29 is 8.78 Å². The van der Waals surface area contributed by atoms with Gasteiger partial charge in [0.25, 0.3) is 0 Å². The van der Waals surface area contributed by atoms with Crippen molar-refractivity contribution in [1.82, 2.24) is 0 Å². The van der Waals surface area contributed by atoms with Crippen LogP contribution >= 0.6 is 27.5 Å². The van der Waals surface area contributed by atoms with Gasteiger partial charge in [-0.15, -0.1) is 0 Å². The third-order valence-corrected chi connectivity index (χ3v) is 5.09. The molecule has 0 saturated heterocycles. The molecular formula is C14H16BrClF2. The first-order valence-corrected chi connectivity index (χ1v) is 7.52. The van der Waals surface area contributed by atoms with E-state index in [1.165, 1.54) is 0 Å². The second-order valence-corrected chi connectivity index (χ2v) is 6.59. The van der Waals surface area contributed by atoms with Crippen LogP contribution in [-0.4, -0.2) is 10.7 Å². The molecule has 1 aromatic carbocycles. The highest BCUT2D eigenvalue weighted by Crippen LogP contribution is 2.40. The number of hydrogen-bond acceptors (Lipinski definition) is 0. The Labute approximate surface area is 120 Å². The zero-order valence-electron chi connectivity index (χ0n) is 10.0. The number of rotatable bonds is 3. The van der Waals surface area contributed by atoms with E-state index in [1.807, 2.05) is 24.3 Å². The average Bonchev–Trinajstić information content (AvgIpc) is 2.32. The molecular weight excluding hydrogens is 322 g/mol. The summed E-state index contributed by atoms with van der Waals surface area (Å²) < 4.78 is 26.2. The van der Waals surface area contributed by atoms with Crippen LogP contribution in [0.25, 0.3) is 0 Å². The molecule has 0 N–H and O–H groups in total. The molecule has 1 aliphatic rings. The molecule has 0 radical (unpaired) electrons. The minimum absolute atomic E-state index is 0.0162. The highest BCUT2D eigenvalue weighted by molar-refractivity contribution is 9.09. The first kappa shape index (κ1) is 14.3. The van der Waals surface area contributed by atoms with Gasteiger partial charge in [-0.3, -0.25) is 0 Å². The Morgan fingerprint density at radius 3 is 2.50 bits per heavy atom. The lowest BCUT2D eigenvalue weighted by atomic mass is 9.83. The molecule has 1 saturated carbocycles. The van der Waals surface area contributed by atoms with Crippen LogP contribution in [0.15, 0.2) is 24.3 Å². The number of benzene rings is 1. The standard InChI is InChI=1S/C14H16BrClF2/c15-12(9-11-3-1-2-4-13(11)16)10-5-7-14(17,18)8-6-10/h1-4,10,12H,5-9H2. The normalized spacial score (nSPS) is 21.8. The molecule has 4 heteroatoms. The van der Waals surface area contributed by atoms with Crippen molar-refractivity contribution in [3.05, 3.63) is 34.9 Å². The molecule has 100 valence electrons. The second kappa shape index (κ2) is 5.87. The maximum Gasteiger partial charge on any atom is 0.248 e. The maximum absolute atomic E-state index is 13.1. The number of hydrogen-bond donors (Lipinski definition) is 0. The predicted molar refractivity (Wildman–Crippen MR) is 74.8 cm³/mol. The Hall–Kier alpha value is -0.150. The van der Waals surface area contributed by atoms with Crippen LogP contribution < -0.4 is 0 Å². The summed E-state index contributed by atoms with van der Waals surface area (Å²) in [5, 5.41) is 0.753. The SMILES string of the molecule is FC1(F)CCC(C(Br)Cc2ccccc2Cl)CC1. The lowest BCUT2D eigenvalue weighted by Gasteiger charge is -2.31. The fraction of sp³-hybridized carbons (Fsp3) is 0.571. The van der Waals surface area contributed by atoms with Gasteiger partial charge in [0.1, 0.15) is 0 Å². The van der Waals surface area contributed by atoms with Gasteiger partial charge >= 0.3 is 0 Å². The number of halogens is 4. The Balaban J connectivity index is 1.93. The van der Waals surface area contributed by atoms with E-state index >= 15 is 0 Å². The van der Waals surface area contributed by atoms with Gasteiger partial charge in [-0.05, 0) is 36.8 Å². The van der Waals surface area contributed by atoms with Gasteiger partial charge in [-0.2, -0.15) is 0 Å². The third-order valence-electron chi connectivity index (χ3n) is 3.65. The average molecular weight is 338 g/mol. The summed E-state index contributed by atoms with van der Waals surface area (Å²) >= 11 is 9.76. The van der Waals surface area contributed by atoms with E-state index in [2.05, 4.69) is 15.9 Å². The lowest BCUT2D eigenvalue weighted by molar-refractivity contribution is -0.0456.